The molecule has 1 aromatic carbocycles. The maximum atomic E-state index is 12.8. The van der Waals surface area contributed by atoms with E-state index in [2.05, 4.69) is 15.1 Å². The van der Waals surface area contributed by atoms with Crippen LogP contribution >= 0.6 is 0 Å². The fourth-order valence-corrected chi connectivity index (χ4v) is 4.46. The summed E-state index contributed by atoms with van der Waals surface area (Å²) >= 11 is 0. The van der Waals surface area contributed by atoms with Gasteiger partial charge in [0.15, 0.2) is 0 Å². The zero-order valence-electron chi connectivity index (χ0n) is 16.5. The molecule has 0 bridgehead atoms. The Bertz CT molecular complexity index is 1030. The zero-order chi connectivity index (χ0) is 21.0. The molecule has 1 aliphatic heterocycles. The van der Waals surface area contributed by atoms with Crippen molar-refractivity contribution in [2.24, 2.45) is 7.05 Å². The van der Waals surface area contributed by atoms with E-state index in [1.54, 1.807) is 32.2 Å². The minimum Gasteiger partial charge on any atom is -0.354 e. The number of aryl methyl sites for hydroxylation is 1. The minimum absolute atomic E-state index is 0.131. The molecule has 0 aliphatic carbocycles. The van der Waals surface area contributed by atoms with E-state index in [9.17, 15) is 18.0 Å². The molecule has 9 nitrogen and oxygen atoms in total. The third-order valence-electron chi connectivity index (χ3n) is 4.78. The van der Waals surface area contributed by atoms with Crippen molar-refractivity contribution in [2.45, 2.75) is 37.1 Å². The van der Waals surface area contributed by atoms with Crippen LogP contribution in [0.2, 0.25) is 0 Å². The van der Waals surface area contributed by atoms with Gasteiger partial charge in [0.2, 0.25) is 15.9 Å². The number of carbonyl (C=O) groups excluding carboxylic acids is 1. The van der Waals surface area contributed by atoms with Gasteiger partial charge in [0, 0.05) is 44.4 Å². The Kier molecular flexibility index (Phi) is 6.33. The van der Waals surface area contributed by atoms with Crippen LogP contribution < -0.4 is 20.5 Å². The number of anilines is 2. The highest BCUT2D eigenvalue weighted by Crippen LogP contribution is 2.19. The van der Waals surface area contributed by atoms with Gasteiger partial charge in [-0.3, -0.25) is 9.59 Å². The molecule has 0 saturated carbocycles. The number of nitrogens with zero attached hydrogens (tertiary/aromatic N) is 3. The van der Waals surface area contributed by atoms with Gasteiger partial charge in [-0.2, -0.15) is 5.10 Å². The van der Waals surface area contributed by atoms with E-state index in [4.69, 9.17) is 0 Å². The first kappa shape index (κ1) is 21.0. The molecule has 2 aromatic rings. The molecule has 1 amide bonds. The normalized spacial score (nSPS) is 17.2. The summed E-state index contributed by atoms with van der Waals surface area (Å²) in [5.41, 5.74) is 0.363. The maximum absolute atomic E-state index is 12.8. The van der Waals surface area contributed by atoms with E-state index in [-0.39, 0.29) is 22.4 Å². The van der Waals surface area contributed by atoms with Crippen molar-refractivity contribution in [3.05, 3.63) is 46.8 Å². The smallest absolute Gasteiger partial charge is 0.266 e. The van der Waals surface area contributed by atoms with E-state index in [1.807, 2.05) is 4.90 Å². The van der Waals surface area contributed by atoms with Gasteiger partial charge in [0.05, 0.1) is 4.90 Å². The van der Waals surface area contributed by atoms with E-state index < -0.39 is 10.0 Å². The van der Waals surface area contributed by atoms with Crippen molar-refractivity contribution in [1.29, 1.82) is 0 Å². The summed E-state index contributed by atoms with van der Waals surface area (Å²) in [4.78, 5) is 25.1. The van der Waals surface area contributed by atoms with Crippen LogP contribution in [-0.4, -0.2) is 43.2 Å². The molecule has 1 atom stereocenters. The number of benzene rings is 1. The van der Waals surface area contributed by atoms with Gasteiger partial charge in [0.25, 0.3) is 5.56 Å². The molecule has 1 fully saturated rings. The average molecular weight is 420 g/mol. The molecule has 156 valence electrons. The molecule has 1 aromatic heterocycles. The first-order chi connectivity index (χ1) is 13.8. The van der Waals surface area contributed by atoms with Gasteiger partial charge in [-0.15, -0.1) is 0 Å². The predicted molar refractivity (Wildman–Crippen MR) is 110 cm³/mol. The summed E-state index contributed by atoms with van der Waals surface area (Å²) in [7, 11) is -2.11. The molecule has 2 N–H and O–H groups in total. The molecular weight excluding hydrogens is 394 g/mol. The van der Waals surface area contributed by atoms with Crippen molar-refractivity contribution in [3.63, 3.8) is 0 Å². The lowest BCUT2D eigenvalue weighted by atomic mass is 10.1. The lowest BCUT2D eigenvalue weighted by Crippen LogP contribution is -2.48. The number of hydrogen-bond acceptors (Lipinski definition) is 6. The fourth-order valence-electron chi connectivity index (χ4n) is 3.19. The molecule has 10 heteroatoms. The van der Waals surface area contributed by atoms with E-state index in [0.717, 1.165) is 13.0 Å². The second-order valence-electron chi connectivity index (χ2n) is 6.99. The van der Waals surface area contributed by atoms with Gasteiger partial charge in [-0.05, 0) is 43.2 Å². The molecule has 2 heterocycles. The molecule has 3 rings (SSSR count). The summed E-state index contributed by atoms with van der Waals surface area (Å²) in [6.07, 6.45) is 1.87. The average Bonchev–Trinajstić information content (AvgIpc) is 2.70. The second-order valence-corrected chi connectivity index (χ2v) is 8.70. The summed E-state index contributed by atoms with van der Waals surface area (Å²) < 4.78 is 29.5. The van der Waals surface area contributed by atoms with Crippen molar-refractivity contribution in [1.82, 2.24) is 14.5 Å². The van der Waals surface area contributed by atoms with E-state index in [0.29, 0.717) is 30.9 Å². The Labute approximate surface area is 169 Å². The third kappa shape index (κ3) is 5.21. The molecular formula is C19H25N5O4S. The second kappa shape index (κ2) is 8.75. The number of piperidine rings is 1. The molecule has 0 radical (unpaired) electrons. The number of hydrogen-bond donors (Lipinski definition) is 2. The van der Waals surface area contributed by atoms with Crippen molar-refractivity contribution < 1.29 is 13.2 Å². The van der Waals surface area contributed by atoms with Crippen LogP contribution in [0.25, 0.3) is 0 Å². The molecule has 1 aliphatic rings. The quantitative estimate of drug-likeness (QED) is 0.724. The van der Waals surface area contributed by atoms with Crippen LogP contribution in [0.15, 0.2) is 46.1 Å². The highest BCUT2D eigenvalue weighted by molar-refractivity contribution is 7.89. The Balaban J connectivity index is 1.68. The van der Waals surface area contributed by atoms with Crippen LogP contribution in [-0.2, 0) is 21.9 Å². The fraction of sp³-hybridized carbons (Fsp3) is 0.421. The summed E-state index contributed by atoms with van der Waals surface area (Å²) in [6, 6.07) is 8.93. The van der Waals surface area contributed by atoms with Crippen LogP contribution in [0, 0.1) is 0 Å². The number of rotatable bonds is 6. The molecule has 0 spiro atoms. The monoisotopic (exact) mass is 419 g/mol. The lowest BCUT2D eigenvalue weighted by Gasteiger charge is -2.33. The minimum atomic E-state index is -3.70. The number of nitrogens with one attached hydrogen (secondary N) is 2. The number of aromatic nitrogens is 2. The summed E-state index contributed by atoms with van der Waals surface area (Å²) in [6.45, 7) is 2.96. The van der Waals surface area contributed by atoms with Crippen LogP contribution in [0.1, 0.15) is 26.2 Å². The van der Waals surface area contributed by atoms with Crippen LogP contribution in [0.4, 0.5) is 11.5 Å². The molecule has 1 unspecified atom stereocenters. The Hall–Kier alpha value is -2.72. The largest absolute Gasteiger partial charge is 0.354 e. The third-order valence-corrected chi connectivity index (χ3v) is 6.32. The van der Waals surface area contributed by atoms with Gasteiger partial charge < -0.3 is 10.2 Å². The van der Waals surface area contributed by atoms with E-state index >= 15 is 0 Å². The highest BCUT2D eigenvalue weighted by Gasteiger charge is 2.26. The highest BCUT2D eigenvalue weighted by atomic mass is 32.2. The van der Waals surface area contributed by atoms with Crippen molar-refractivity contribution in [3.8, 4) is 0 Å². The Morgan fingerprint density at radius 1 is 1.21 bits per heavy atom. The predicted octanol–water partition coefficient (Wildman–Crippen LogP) is 1.08. The molecule has 29 heavy (non-hydrogen) atoms. The molecule has 1 saturated heterocycles. The Morgan fingerprint density at radius 3 is 2.59 bits per heavy atom. The topological polar surface area (TPSA) is 113 Å². The first-order valence-electron chi connectivity index (χ1n) is 9.50. The van der Waals surface area contributed by atoms with Gasteiger partial charge in [0.1, 0.15) is 5.82 Å². The van der Waals surface area contributed by atoms with Gasteiger partial charge >= 0.3 is 0 Å². The van der Waals surface area contributed by atoms with Crippen molar-refractivity contribution in [2.75, 3.05) is 23.3 Å². The lowest BCUT2D eigenvalue weighted by molar-refractivity contribution is -0.115. The standard InChI is InChI=1S/C19H25N5O4S/c1-3-18(25)20-14-6-8-16(9-7-14)29(27,28)22-15-5-4-12-24(13-15)17-10-11-19(26)23(2)21-17/h6-11,15,22H,3-5,12-13H2,1-2H3,(H,20,25). The summed E-state index contributed by atoms with van der Waals surface area (Å²) in [5.74, 6) is 0.514. The Morgan fingerprint density at radius 2 is 1.93 bits per heavy atom. The SMILES string of the molecule is CCC(=O)Nc1ccc(S(=O)(=O)NC2CCCN(c3ccc(=O)n(C)n3)C2)cc1. The van der Waals surface area contributed by atoms with E-state index in [1.165, 1.54) is 22.9 Å². The zero-order valence-corrected chi connectivity index (χ0v) is 17.3. The van der Waals surface area contributed by atoms with Gasteiger partial charge in [-0.1, -0.05) is 6.92 Å². The number of carbonyl (C=O) groups is 1. The van der Waals surface area contributed by atoms with Gasteiger partial charge in [-0.25, -0.2) is 17.8 Å². The van der Waals surface area contributed by atoms with Crippen LogP contribution in [0.5, 0.6) is 0 Å². The van der Waals surface area contributed by atoms with Crippen LogP contribution in [0.3, 0.4) is 0 Å². The maximum Gasteiger partial charge on any atom is 0.266 e. The summed E-state index contributed by atoms with van der Waals surface area (Å²) in [5, 5.41) is 6.94. The number of sulfonamides is 1. The van der Waals surface area contributed by atoms with Crippen molar-refractivity contribution >= 4 is 27.4 Å². The first-order valence-corrected chi connectivity index (χ1v) is 11.0. The number of amides is 1.